The van der Waals surface area contributed by atoms with Gasteiger partial charge in [0.15, 0.2) is 23.5 Å². The number of amides is 1. The fourth-order valence-electron chi connectivity index (χ4n) is 6.23. The Morgan fingerprint density at radius 2 is 1.87 bits per heavy atom. The third kappa shape index (κ3) is 5.18. The molecular formula is C29H38FN7O2. The Kier molecular flexibility index (Phi) is 7.14. The minimum Gasteiger partial charge on any atom is -0.365 e. The number of imidazole rings is 1. The fraction of sp³-hybridized carbons (Fsp3) is 0.586. The van der Waals surface area contributed by atoms with Crippen molar-refractivity contribution in [3.05, 3.63) is 47.3 Å². The molecule has 3 aliphatic rings. The van der Waals surface area contributed by atoms with Crippen LogP contribution in [0.25, 0.3) is 11.2 Å². The second-order valence-corrected chi connectivity index (χ2v) is 11.8. The highest BCUT2D eigenvalue weighted by molar-refractivity contribution is 5.84. The molecule has 3 heterocycles. The third-order valence-electron chi connectivity index (χ3n) is 9.00. The average molecular weight is 536 g/mol. The van der Waals surface area contributed by atoms with Gasteiger partial charge in [0.25, 0.3) is 0 Å². The molecular weight excluding hydrogens is 497 g/mol. The molecule has 208 valence electrons. The molecule has 2 aliphatic carbocycles. The van der Waals surface area contributed by atoms with Gasteiger partial charge in [-0.1, -0.05) is 51.3 Å². The van der Waals surface area contributed by atoms with E-state index in [4.69, 9.17) is 19.8 Å². The summed E-state index contributed by atoms with van der Waals surface area (Å²) in [6.07, 6.45) is 7.12. The highest BCUT2D eigenvalue weighted by Crippen LogP contribution is 2.37. The standard InChI is InChI=1S/C29H38FN7O2/c1-16-11-13-19(14-12-16)15-37-23-24(31-18(3)20-7-6-8-20)32-26(27-35-29(38)39-36-27)33-25(23)34-28(37)17(2)21-9-4-5-10-22(21)30/h4-5,9-10,16-20,27,36H,6-8,11-15H2,1-3H3,(H,35,38)(H,31,32,33)/t16?,17?,18-,19?,27?/m1/s1. The van der Waals surface area contributed by atoms with E-state index in [1.165, 1.54) is 38.2 Å². The van der Waals surface area contributed by atoms with Crippen LogP contribution in [0.2, 0.25) is 0 Å². The van der Waals surface area contributed by atoms with E-state index in [1.807, 2.05) is 19.1 Å². The highest BCUT2D eigenvalue weighted by atomic mass is 19.1. The van der Waals surface area contributed by atoms with E-state index in [2.05, 4.69) is 34.5 Å². The lowest BCUT2D eigenvalue weighted by atomic mass is 9.80. The Balaban J connectivity index is 1.48. The van der Waals surface area contributed by atoms with E-state index in [9.17, 15) is 9.18 Å². The van der Waals surface area contributed by atoms with E-state index in [1.54, 1.807) is 6.07 Å². The van der Waals surface area contributed by atoms with Gasteiger partial charge < -0.3 is 14.7 Å². The van der Waals surface area contributed by atoms with Crippen molar-refractivity contribution in [3.63, 3.8) is 0 Å². The van der Waals surface area contributed by atoms with E-state index < -0.39 is 12.3 Å². The summed E-state index contributed by atoms with van der Waals surface area (Å²) < 4.78 is 17.2. The number of carbonyl (C=O) groups is 1. The lowest BCUT2D eigenvalue weighted by molar-refractivity contribution is 0.120. The van der Waals surface area contributed by atoms with Crippen LogP contribution in [-0.4, -0.2) is 31.7 Å². The number of rotatable bonds is 8. The van der Waals surface area contributed by atoms with Crippen LogP contribution >= 0.6 is 0 Å². The van der Waals surface area contributed by atoms with Crippen LogP contribution in [0.4, 0.5) is 15.0 Å². The van der Waals surface area contributed by atoms with Gasteiger partial charge in [-0.3, -0.25) is 5.32 Å². The lowest BCUT2D eigenvalue weighted by Crippen LogP contribution is -2.32. The molecule has 3 atom stereocenters. The maximum Gasteiger partial charge on any atom is 0.427 e. The summed E-state index contributed by atoms with van der Waals surface area (Å²) in [7, 11) is 0. The van der Waals surface area contributed by atoms with Crippen molar-refractivity contribution in [2.75, 3.05) is 5.32 Å². The molecule has 2 unspecified atom stereocenters. The van der Waals surface area contributed by atoms with E-state index in [-0.39, 0.29) is 17.8 Å². The van der Waals surface area contributed by atoms with Crippen LogP contribution in [0.1, 0.15) is 95.0 Å². The number of hydroxylamine groups is 1. The Morgan fingerprint density at radius 1 is 1.10 bits per heavy atom. The second kappa shape index (κ2) is 10.7. The first-order valence-corrected chi connectivity index (χ1v) is 14.4. The second-order valence-electron chi connectivity index (χ2n) is 11.8. The molecule has 3 N–H and O–H groups in total. The number of hydrogen-bond donors (Lipinski definition) is 3. The highest BCUT2D eigenvalue weighted by Gasteiger charge is 2.32. The molecule has 2 aromatic heterocycles. The largest absolute Gasteiger partial charge is 0.427 e. The molecule has 1 aliphatic heterocycles. The van der Waals surface area contributed by atoms with Gasteiger partial charge in [0.1, 0.15) is 17.2 Å². The van der Waals surface area contributed by atoms with Crippen LogP contribution < -0.4 is 16.1 Å². The van der Waals surface area contributed by atoms with Crippen LogP contribution in [0.3, 0.4) is 0 Å². The third-order valence-corrected chi connectivity index (χ3v) is 9.00. The molecule has 1 aromatic carbocycles. The van der Waals surface area contributed by atoms with Crippen LogP contribution in [0, 0.1) is 23.6 Å². The summed E-state index contributed by atoms with van der Waals surface area (Å²) in [6, 6.07) is 7.13. The molecule has 39 heavy (non-hydrogen) atoms. The number of aromatic nitrogens is 4. The van der Waals surface area contributed by atoms with E-state index in [0.717, 1.165) is 36.6 Å². The normalized spacial score (nSPS) is 25.1. The molecule has 6 rings (SSSR count). The minimum atomic E-state index is -0.682. The fourth-order valence-corrected chi connectivity index (χ4v) is 6.23. The molecule has 9 nitrogen and oxygen atoms in total. The van der Waals surface area contributed by atoms with Crippen LogP contribution in [0.5, 0.6) is 0 Å². The smallest absolute Gasteiger partial charge is 0.365 e. The van der Waals surface area contributed by atoms with Crippen LogP contribution in [-0.2, 0) is 11.4 Å². The molecule has 3 aromatic rings. The molecule has 3 fully saturated rings. The van der Waals surface area contributed by atoms with Gasteiger partial charge in [0.05, 0.1) is 0 Å². The molecule has 0 spiro atoms. The van der Waals surface area contributed by atoms with Crippen molar-refractivity contribution in [1.82, 2.24) is 30.3 Å². The zero-order chi connectivity index (χ0) is 27.1. The summed E-state index contributed by atoms with van der Waals surface area (Å²) in [5, 5.41) is 6.38. The molecule has 0 bridgehead atoms. The molecule has 10 heteroatoms. The first kappa shape index (κ1) is 26.0. The minimum absolute atomic E-state index is 0.221. The molecule has 1 amide bonds. The quantitative estimate of drug-likeness (QED) is 0.335. The Hall–Kier alpha value is -3.27. The Labute approximate surface area is 228 Å². The van der Waals surface area contributed by atoms with Gasteiger partial charge in [-0.15, -0.1) is 5.48 Å². The van der Waals surface area contributed by atoms with Crippen molar-refractivity contribution >= 4 is 23.1 Å². The van der Waals surface area contributed by atoms with Crippen molar-refractivity contribution in [1.29, 1.82) is 0 Å². The molecule has 0 radical (unpaired) electrons. The van der Waals surface area contributed by atoms with Gasteiger partial charge in [-0.2, -0.15) is 0 Å². The number of fused-ring (bicyclic) bond motifs is 1. The average Bonchev–Trinajstić information content (AvgIpc) is 3.48. The number of anilines is 1. The van der Waals surface area contributed by atoms with Crippen molar-refractivity contribution in [3.8, 4) is 0 Å². The summed E-state index contributed by atoms with van der Waals surface area (Å²) in [5.41, 5.74) is 4.64. The molecule has 1 saturated heterocycles. The van der Waals surface area contributed by atoms with E-state index in [0.29, 0.717) is 34.7 Å². The Morgan fingerprint density at radius 3 is 2.54 bits per heavy atom. The topological polar surface area (TPSA) is 106 Å². The monoisotopic (exact) mass is 535 g/mol. The van der Waals surface area contributed by atoms with Crippen molar-refractivity contribution < 1.29 is 14.0 Å². The van der Waals surface area contributed by atoms with Crippen molar-refractivity contribution in [2.24, 2.45) is 17.8 Å². The number of benzene rings is 1. The summed E-state index contributed by atoms with van der Waals surface area (Å²) in [5.74, 6) is 3.16. The number of hydrogen-bond acceptors (Lipinski definition) is 7. The lowest BCUT2D eigenvalue weighted by Gasteiger charge is -2.32. The zero-order valence-electron chi connectivity index (χ0n) is 22.9. The SMILES string of the molecule is CC1CCC(Cn2c(C(C)c3ccccc3F)nc3nc(C4NOC(=O)N4)nc(N[C@H](C)C4CCC4)c32)CC1. The maximum atomic E-state index is 15.0. The Bertz CT molecular complexity index is 1350. The van der Waals surface area contributed by atoms with Gasteiger partial charge in [0, 0.05) is 18.5 Å². The van der Waals surface area contributed by atoms with Crippen LogP contribution in [0.15, 0.2) is 24.3 Å². The van der Waals surface area contributed by atoms with E-state index >= 15 is 0 Å². The predicted octanol–water partition coefficient (Wildman–Crippen LogP) is 5.79. The summed E-state index contributed by atoms with van der Waals surface area (Å²) in [6.45, 7) is 7.31. The summed E-state index contributed by atoms with van der Waals surface area (Å²) >= 11 is 0. The first-order valence-electron chi connectivity index (χ1n) is 14.4. The number of carbonyl (C=O) groups excluding carboxylic acids is 1. The van der Waals surface area contributed by atoms with Gasteiger partial charge in [0.2, 0.25) is 0 Å². The van der Waals surface area contributed by atoms with Gasteiger partial charge in [-0.25, -0.2) is 24.1 Å². The number of nitrogens with zero attached hydrogens (tertiary/aromatic N) is 4. The van der Waals surface area contributed by atoms with Crippen molar-refractivity contribution in [2.45, 2.75) is 90.4 Å². The summed E-state index contributed by atoms with van der Waals surface area (Å²) in [4.78, 5) is 31.4. The number of nitrogens with one attached hydrogen (secondary N) is 3. The zero-order valence-corrected chi connectivity index (χ0v) is 22.9. The maximum absolute atomic E-state index is 15.0. The predicted molar refractivity (Wildman–Crippen MR) is 146 cm³/mol. The number of halogens is 1. The molecule has 2 saturated carbocycles. The first-order chi connectivity index (χ1) is 18.9. The van der Waals surface area contributed by atoms with Gasteiger partial charge >= 0.3 is 6.09 Å². The van der Waals surface area contributed by atoms with Gasteiger partial charge in [-0.05, 0) is 62.0 Å².